The second-order valence-corrected chi connectivity index (χ2v) is 5.54. The van der Waals surface area contributed by atoms with E-state index in [0.29, 0.717) is 15.8 Å². The van der Waals surface area contributed by atoms with E-state index in [4.69, 9.17) is 0 Å². The van der Waals surface area contributed by atoms with E-state index in [1.807, 2.05) is 36.4 Å². The Kier molecular flexibility index (Phi) is 3.24. The lowest BCUT2D eigenvalue weighted by Crippen LogP contribution is -2.11. The first kappa shape index (κ1) is 12.8. The summed E-state index contributed by atoms with van der Waals surface area (Å²) in [5, 5.41) is 3.37. The largest absolute Gasteiger partial charge is 0.321 e. The molecule has 2 nitrogen and oxygen atoms in total. The smallest absolute Gasteiger partial charge is 0.266 e. The fourth-order valence-corrected chi connectivity index (χ4v) is 3.30. The Morgan fingerprint density at radius 3 is 2.55 bits per heavy atom. The first-order valence-corrected chi connectivity index (χ1v) is 7.02. The van der Waals surface area contributed by atoms with Crippen molar-refractivity contribution in [1.29, 1.82) is 0 Å². The Balaban J connectivity index is 2.00. The normalized spacial score (nSPS) is 10.7. The highest BCUT2D eigenvalue weighted by molar-refractivity contribution is 7.21. The fourth-order valence-electron chi connectivity index (χ4n) is 2.18. The number of hydrogen-bond donors (Lipinski definition) is 1. The van der Waals surface area contributed by atoms with Crippen molar-refractivity contribution in [2.24, 2.45) is 0 Å². The van der Waals surface area contributed by atoms with Gasteiger partial charge in [-0.05, 0) is 36.8 Å². The van der Waals surface area contributed by atoms with E-state index in [9.17, 15) is 9.18 Å². The van der Waals surface area contributed by atoms with Crippen LogP contribution in [0.1, 0.15) is 15.2 Å². The van der Waals surface area contributed by atoms with E-state index in [1.54, 1.807) is 13.0 Å². The molecule has 1 N–H and O–H groups in total. The molecule has 0 aliphatic carbocycles. The van der Waals surface area contributed by atoms with Gasteiger partial charge in [0.15, 0.2) is 0 Å². The van der Waals surface area contributed by atoms with Crippen LogP contribution in [0.5, 0.6) is 0 Å². The van der Waals surface area contributed by atoms with Crippen LogP contribution < -0.4 is 5.32 Å². The molecule has 0 bridgehead atoms. The van der Waals surface area contributed by atoms with Gasteiger partial charge in [0.05, 0.1) is 4.88 Å². The summed E-state index contributed by atoms with van der Waals surface area (Å²) in [4.78, 5) is 12.8. The molecule has 1 amide bonds. The van der Waals surface area contributed by atoms with Crippen LogP contribution >= 0.6 is 11.3 Å². The Bertz CT molecular complexity index is 780. The molecule has 0 unspecified atom stereocenters. The highest BCUT2D eigenvalue weighted by Crippen LogP contribution is 2.32. The first-order valence-electron chi connectivity index (χ1n) is 6.21. The van der Waals surface area contributed by atoms with Crippen molar-refractivity contribution in [1.82, 2.24) is 0 Å². The average molecular weight is 285 g/mol. The zero-order valence-corrected chi connectivity index (χ0v) is 11.6. The second kappa shape index (κ2) is 5.06. The maximum Gasteiger partial charge on any atom is 0.266 e. The number of halogens is 1. The number of carbonyl (C=O) groups excluding carboxylic acids is 1. The molecule has 0 aliphatic rings. The van der Waals surface area contributed by atoms with E-state index >= 15 is 0 Å². The summed E-state index contributed by atoms with van der Waals surface area (Å²) in [5.74, 6) is -0.482. The lowest BCUT2D eigenvalue weighted by atomic mass is 10.1. The highest BCUT2D eigenvalue weighted by atomic mass is 32.1. The minimum atomic E-state index is -0.282. The van der Waals surface area contributed by atoms with Crippen molar-refractivity contribution >= 4 is 33.0 Å². The zero-order chi connectivity index (χ0) is 14.1. The molecule has 0 saturated heterocycles. The molecule has 0 radical (unpaired) electrons. The van der Waals surface area contributed by atoms with Crippen molar-refractivity contribution in [3.63, 3.8) is 0 Å². The standard InChI is InChI=1S/C16H12FNOS/c1-10-14-12(17)8-5-9-13(14)20-15(10)16(19)18-11-6-3-2-4-7-11/h2-9H,1H3,(H,18,19). The maximum atomic E-state index is 13.8. The fraction of sp³-hybridized carbons (Fsp3) is 0.0625. The summed E-state index contributed by atoms with van der Waals surface area (Å²) < 4.78 is 14.6. The van der Waals surface area contributed by atoms with Gasteiger partial charge in [-0.2, -0.15) is 0 Å². The Labute approximate surface area is 119 Å². The average Bonchev–Trinajstić information content (AvgIpc) is 2.79. The molecule has 1 aromatic heterocycles. The van der Waals surface area contributed by atoms with E-state index in [-0.39, 0.29) is 11.7 Å². The molecule has 0 fully saturated rings. The predicted molar refractivity (Wildman–Crippen MR) is 80.9 cm³/mol. The zero-order valence-electron chi connectivity index (χ0n) is 10.8. The predicted octanol–water partition coefficient (Wildman–Crippen LogP) is 4.60. The molecule has 0 aliphatic heterocycles. The molecule has 3 rings (SSSR count). The topological polar surface area (TPSA) is 29.1 Å². The molecule has 0 atom stereocenters. The van der Waals surface area contributed by atoms with Crippen LogP contribution in [0.4, 0.5) is 10.1 Å². The molecular formula is C16H12FNOS. The summed E-state index contributed by atoms with van der Waals surface area (Å²) >= 11 is 1.31. The number of amides is 1. The molecule has 0 spiro atoms. The van der Waals surface area contributed by atoms with E-state index in [2.05, 4.69) is 5.32 Å². The third kappa shape index (κ3) is 2.18. The summed E-state index contributed by atoms with van der Waals surface area (Å²) in [7, 11) is 0. The van der Waals surface area contributed by atoms with Gasteiger partial charge in [0, 0.05) is 15.8 Å². The molecular weight excluding hydrogens is 273 g/mol. The summed E-state index contributed by atoms with van der Waals surface area (Å²) in [5.41, 5.74) is 1.42. The molecule has 0 saturated carbocycles. The molecule has 2 aromatic carbocycles. The Hall–Kier alpha value is -2.20. The van der Waals surface area contributed by atoms with Crippen molar-refractivity contribution < 1.29 is 9.18 Å². The van der Waals surface area contributed by atoms with Gasteiger partial charge in [-0.1, -0.05) is 24.3 Å². The van der Waals surface area contributed by atoms with Crippen molar-refractivity contribution in [2.75, 3.05) is 5.32 Å². The molecule has 100 valence electrons. The van der Waals surface area contributed by atoms with Crippen molar-refractivity contribution in [2.45, 2.75) is 6.92 Å². The number of carbonyl (C=O) groups is 1. The first-order chi connectivity index (χ1) is 9.66. The summed E-state index contributed by atoms with van der Waals surface area (Å²) in [6, 6.07) is 14.1. The minimum absolute atomic E-state index is 0.200. The number of benzene rings is 2. The van der Waals surface area contributed by atoms with Crippen molar-refractivity contribution in [3.05, 3.63) is 64.8 Å². The summed E-state index contributed by atoms with van der Waals surface area (Å²) in [6.45, 7) is 1.78. The number of nitrogens with one attached hydrogen (secondary N) is 1. The van der Waals surface area contributed by atoms with E-state index < -0.39 is 0 Å². The van der Waals surface area contributed by atoms with Gasteiger partial charge in [-0.25, -0.2) is 4.39 Å². The Morgan fingerprint density at radius 2 is 1.85 bits per heavy atom. The van der Waals surface area contributed by atoms with Crippen LogP contribution in [0, 0.1) is 12.7 Å². The van der Waals surface area contributed by atoms with Gasteiger partial charge >= 0.3 is 0 Å². The molecule has 4 heteroatoms. The van der Waals surface area contributed by atoms with E-state index in [0.717, 1.165) is 10.4 Å². The van der Waals surface area contributed by atoms with Crippen LogP contribution in [0.15, 0.2) is 48.5 Å². The number of thiophene rings is 1. The minimum Gasteiger partial charge on any atom is -0.321 e. The van der Waals surface area contributed by atoms with Crippen LogP contribution in [-0.2, 0) is 0 Å². The van der Waals surface area contributed by atoms with Gasteiger partial charge in [0.25, 0.3) is 5.91 Å². The number of aryl methyl sites for hydroxylation is 1. The van der Waals surface area contributed by atoms with Crippen LogP contribution in [0.3, 0.4) is 0 Å². The number of para-hydroxylation sites is 1. The van der Waals surface area contributed by atoms with Crippen LogP contribution in [-0.4, -0.2) is 5.91 Å². The van der Waals surface area contributed by atoms with Gasteiger partial charge in [0.2, 0.25) is 0 Å². The van der Waals surface area contributed by atoms with Crippen LogP contribution in [0.25, 0.3) is 10.1 Å². The molecule has 1 heterocycles. The Morgan fingerprint density at radius 1 is 1.10 bits per heavy atom. The van der Waals surface area contributed by atoms with Gasteiger partial charge in [-0.15, -0.1) is 11.3 Å². The highest BCUT2D eigenvalue weighted by Gasteiger charge is 2.17. The van der Waals surface area contributed by atoms with Gasteiger partial charge < -0.3 is 5.32 Å². The lowest BCUT2D eigenvalue weighted by Gasteiger charge is -2.03. The number of hydrogen-bond acceptors (Lipinski definition) is 2. The van der Waals surface area contributed by atoms with Crippen LogP contribution in [0.2, 0.25) is 0 Å². The number of rotatable bonds is 2. The van der Waals surface area contributed by atoms with Crippen molar-refractivity contribution in [3.8, 4) is 0 Å². The SMILES string of the molecule is Cc1c(C(=O)Nc2ccccc2)sc2cccc(F)c12. The van der Waals surface area contributed by atoms with Gasteiger partial charge in [0.1, 0.15) is 5.82 Å². The third-order valence-corrected chi connectivity index (χ3v) is 4.40. The molecule has 20 heavy (non-hydrogen) atoms. The molecule has 3 aromatic rings. The number of fused-ring (bicyclic) bond motifs is 1. The lowest BCUT2D eigenvalue weighted by molar-refractivity contribution is 0.103. The monoisotopic (exact) mass is 285 g/mol. The quantitative estimate of drug-likeness (QED) is 0.732. The van der Waals surface area contributed by atoms with Gasteiger partial charge in [-0.3, -0.25) is 4.79 Å². The summed E-state index contributed by atoms with van der Waals surface area (Å²) in [6.07, 6.45) is 0. The second-order valence-electron chi connectivity index (χ2n) is 4.49. The third-order valence-electron chi connectivity index (χ3n) is 3.14. The number of anilines is 1. The maximum absolute atomic E-state index is 13.8. The van der Waals surface area contributed by atoms with E-state index in [1.165, 1.54) is 17.4 Å².